The summed E-state index contributed by atoms with van der Waals surface area (Å²) < 4.78 is 36.2. The third-order valence-corrected chi connectivity index (χ3v) is 2.19. The summed E-state index contributed by atoms with van der Waals surface area (Å²) >= 11 is 0. The van der Waals surface area contributed by atoms with Gasteiger partial charge in [0.2, 0.25) is 0 Å². The third-order valence-electron chi connectivity index (χ3n) is 2.19. The van der Waals surface area contributed by atoms with Crippen LogP contribution in [0.2, 0.25) is 0 Å². The van der Waals surface area contributed by atoms with Crippen LogP contribution in [0.5, 0.6) is 0 Å². The van der Waals surface area contributed by atoms with E-state index < -0.39 is 12.0 Å². The Bertz CT molecular complexity index is 469. The van der Waals surface area contributed by atoms with Gasteiger partial charge in [0.15, 0.2) is 0 Å². The first-order chi connectivity index (χ1) is 8.18. The summed E-state index contributed by atoms with van der Waals surface area (Å²) in [6.07, 6.45) is -4.27. The van der Waals surface area contributed by atoms with Gasteiger partial charge in [-0.3, -0.25) is 4.79 Å². The third kappa shape index (κ3) is 4.24. The first-order valence-electron chi connectivity index (χ1n) is 5.33. The summed E-state index contributed by atoms with van der Waals surface area (Å²) in [6, 6.07) is 5.54. The number of anilines is 1. The monoisotopic (exact) mass is 257 g/mol. The molecule has 1 aromatic rings. The lowest BCUT2D eigenvalue weighted by Crippen LogP contribution is -2.21. The Balaban J connectivity index is 2.84. The molecule has 0 saturated heterocycles. The molecule has 0 aliphatic heterocycles. The zero-order chi connectivity index (χ0) is 13.9. The summed E-state index contributed by atoms with van der Waals surface area (Å²) in [6.45, 7) is 5.19. The summed E-state index contributed by atoms with van der Waals surface area (Å²) in [7, 11) is 0. The zero-order valence-corrected chi connectivity index (χ0v) is 10.4. The van der Waals surface area contributed by atoms with E-state index in [1.807, 2.05) is 19.9 Å². The van der Waals surface area contributed by atoms with Crippen molar-refractivity contribution in [3.8, 4) is 0 Å². The molecular formula is C13H14F3NO. The molecule has 0 saturated carbocycles. The highest BCUT2D eigenvalue weighted by atomic mass is 19.4. The average molecular weight is 257 g/mol. The normalized spacial score (nSPS) is 12.4. The molecule has 1 rings (SSSR count). The highest BCUT2D eigenvalue weighted by Gasteiger charge is 2.36. The fraction of sp³-hybridized carbons (Fsp3) is 0.308. The molecule has 1 N–H and O–H groups in total. The number of nitrogens with one attached hydrogen (secondary N) is 1. The second-order valence-electron chi connectivity index (χ2n) is 4.19. The van der Waals surface area contributed by atoms with Crippen LogP contribution in [0.1, 0.15) is 18.1 Å². The number of benzene rings is 1. The van der Waals surface area contributed by atoms with Crippen molar-refractivity contribution in [2.24, 2.45) is 0 Å². The number of carbonyl (C=O) groups excluding carboxylic acids is 1. The van der Waals surface area contributed by atoms with Gasteiger partial charge in [0, 0.05) is 17.5 Å². The van der Waals surface area contributed by atoms with E-state index in [0.29, 0.717) is 11.8 Å². The fourth-order valence-corrected chi connectivity index (χ4v) is 1.59. The highest BCUT2D eigenvalue weighted by molar-refractivity contribution is 5.95. The molecule has 0 spiro atoms. The van der Waals surface area contributed by atoms with E-state index in [2.05, 4.69) is 5.32 Å². The number of aryl methyl sites for hydroxylation is 2. The molecule has 0 fully saturated rings. The van der Waals surface area contributed by atoms with Gasteiger partial charge in [0.25, 0.3) is 5.78 Å². The smallest absolute Gasteiger partial charge is 0.359 e. The lowest BCUT2D eigenvalue weighted by molar-refractivity contribution is -0.165. The van der Waals surface area contributed by atoms with Crippen LogP contribution < -0.4 is 5.32 Å². The minimum atomic E-state index is -4.83. The second kappa shape index (κ2) is 5.25. The van der Waals surface area contributed by atoms with Crippen molar-refractivity contribution < 1.29 is 18.0 Å². The van der Waals surface area contributed by atoms with Gasteiger partial charge in [-0.1, -0.05) is 6.07 Å². The number of halogens is 3. The number of ketones is 1. The van der Waals surface area contributed by atoms with Gasteiger partial charge in [0.1, 0.15) is 0 Å². The Kier molecular flexibility index (Phi) is 4.16. The standard InChI is InChI=1S/C13H14F3NO/c1-8-4-9(2)6-11(5-8)17-10(3)7-12(18)13(14,15)16/h4-7,17H,1-3H3. The van der Waals surface area contributed by atoms with Crippen molar-refractivity contribution in [1.82, 2.24) is 0 Å². The minimum absolute atomic E-state index is 0.155. The Morgan fingerprint density at radius 3 is 2.11 bits per heavy atom. The van der Waals surface area contributed by atoms with E-state index in [1.54, 1.807) is 12.1 Å². The first-order valence-corrected chi connectivity index (χ1v) is 5.33. The van der Waals surface area contributed by atoms with E-state index in [4.69, 9.17) is 0 Å². The molecule has 0 bridgehead atoms. The lowest BCUT2D eigenvalue weighted by Gasteiger charge is -2.09. The molecule has 2 nitrogen and oxygen atoms in total. The van der Waals surface area contributed by atoms with Crippen LogP contribution in [0.25, 0.3) is 0 Å². The lowest BCUT2D eigenvalue weighted by atomic mass is 10.1. The molecular weight excluding hydrogens is 243 g/mol. The van der Waals surface area contributed by atoms with E-state index >= 15 is 0 Å². The van der Waals surface area contributed by atoms with Gasteiger partial charge < -0.3 is 5.32 Å². The van der Waals surface area contributed by atoms with Crippen LogP contribution in [-0.4, -0.2) is 12.0 Å². The first kappa shape index (κ1) is 14.3. The number of hydrogen-bond donors (Lipinski definition) is 1. The SMILES string of the molecule is CC(=CC(=O)C(F)(F)F)Nc1cc(C)cc(C)c1. The van der Waals surface area contributed by atoms with Gasteiger partial charge in [-0.25, -0.2) is 0 Å². The maximum absolute atomic E-state index is 12.1. The largest absolute Gasteiger partial charge is 0.454 e. The molecule has 5 heteroatoms. The minimum Gasteiger partial charge on any atom is -0.359 e. The van der Waals surface area contributed by atoms with Crippen LogP contribution in [0.3, 0.4) is 0 Å². The Morgan fingerprint density at radius 2 is 1.67 bits per heavy atom. The summed E-state index contributed by atoms with van der Waals surface area (Å²) in [5.74, 6) is -1.86. The van der Waals surface area contributed by atoms with Gasteiger partial charge in [0.05, 0.1) is 0 Å². The molecule has 0 heterocycles. The Morgan fingerprint density at radius 1 is 1.17 bits per heavy atom. The molecule has 98 valence electrons. The van der Waals surface area contributed by atoms with Crippen LogP contribution in [-0.2, 0) is 4.79 Å². The van der Waals surface area contributed by atoms with Crippen molar-refractivity contribution in [2.75, 3.05) is 5.32 Å². The number of rotatable bonds is 3. The van der Waals surface area contributed by atoms with E-state index in [0.717, 1.165) is 11.1 Å². The maximum Gasteiger partial charge on any atom is 0.454 e. The zero-order valence-electron chi connectivity index (χ0n) is 10.4. The van der Waals surface area contributed by atoms with Crippen molar-refractivity contribution >= 4 is 11.5 Å². The summed E-state index contributed by atoms with van der Waals surface area (Å²) in [5.41, 5.74) is 2.80. The maximum atomic E-state index is 12.1. The number of allylic oxidation sites excluding steroid dienone is 2. The van der Waals surface area contributed by atoms with Crippen molar-refractivity contribution in [3.63, 3.8) is 0 Å². The highest BCUT2D eigenvalue weighted by Crippen LogP contribution is 2.19. The van der Waals surface area contributed by atoms with Crippen molar-refractivity contribution in [3.05, 3.63) is 41.1 Å². The topological polar surface area (TPSA) is 29.1 Å². The van der Waals surface area contributed by atoms with Gasteiger partial charge >= 0.3 is 6.18 Å². The second-order valence-corrected chi connectivity index (χ2v) is 4.19. The molecule has 0 aromatic heterocycles. The predicted octanol–water partition coefficient (Wildman–Crippen LogP) is 3.75. The van der Waals surface area contributed by atoms with E-state index in [-0.39, 0.29) is 5.70 Å². The van der Waals surface area contributed by atoms with Crippen LogP contribution in [0, 0.1) is 13.8 Å². The van der Waals surface area contributed by atoms with E-state index in [9.17, 15) is 18.0 Å². The molecule has 0 radical (unpaired) electrons. The van der Waals surface area contributed by atoms with Crippen molar-refractivity contribution in [2.45, 2.75) is 26.9 Å². The molecule has 0 aliphatic rings. The van der Waals surface area contributed by atoms with Crippen LogP contribution in [0.4, 0.5) is 18.9 Å². The molecule has 0 atom stereocenters. The van der Waals surface area contributed by atoms with Gasteiger partial charge in [-0.2, -0.15) is 13.2 Å². The quantitative estimate of drug-likeness (QED) is 0.835. The number of carbonyl (C=O) groups is 1. The summed E-state index contributed by atoms with van der Waals surface area (Å²) in [4.78, 5) is 10.8. The average Bonchev–Trinajstić information content (AvgIpc) is 2.13. The van der Waals surface area contributed by atoms with Gasteiger partial charge in [-0.15, -0.1) is 0 Å². The fourth-order valence-electron chi connectivity index (χ4n) is 1.59. The number of hydrogen-bond acceptors (Lipinski definition) is 2. The molecule has 1 aromatic carbocycles. The summed E-state index contributed by atoms with van der Waals surface area (Å²) in [5, 5.41) is 2.77. The van der Waals surface area contributed by atoms with Crippen molar-refractivity contribution in [1.29, 1.82) is 0 Å². The van der Waals surface area contributed by atoms with E-state index in [1.165, 1.54) is 6.92 Å². The number of alkyl halides is 3. The van der Waals surface area contributed by atoms with Crippen LogP contribution >= 0.6 is 0 Å². The van der Waals surface area contributed by atoms with Gasteiger partial charge in [-0.05, 0) is 44.0 Å². The molecule has 0 amide bonds. The van der Waals surface area contributed by atoms with Crippen LogP contribution in [0.15, 0.2) is 30.0 Å². The molecule has 18 heavy (non-hydrogen) atoms. The predicted molar refractivity (Wildman–Crippen MR) is 64.4 cm³/mol. The molecule has 0 aliphatic carbocycles. The Hall–Kier alpha value is -1.78. The molecule has 0 unspecified atom stereocenters. The Labute approximate surface area is 104 Å².